The number of carboxylic acids is 1. The summed E-state index contributed by atoms with van der Waals surface area (Å²) in [6.45, 7) is 0. The Hall–Kier alpha value is -1.59. The summed E-state index contributed by atoms with van der Waals surface area (Å²) >= 11 is 11.9. The van der Waals surface area contributed by atoms with Gasteiger partial charge in [-0.25, -0.2) is 4.68 Å². The molecule has 0 saturated carbocycles. The lowest BCUT2D eigenvalue weighted by atomic mass is 10.3. The Morgan fingerprint density at radius 2 is 2.18 bits per heavy atom. The fourth-order valence-electron chi connectivity index (χ4n) is 1.38. The van der Waals surface area contributed by atoms with E-state index in [1.165, 1.54) is 10.9 Å². The fraction of sp³-hybridized carbons (Fsp3) is 0.100. The van der Waals surface area contributed by atoms with Gasteiger partial charge in [0.25, 0.3) is 0 Å². The minimum Gasteiger partial charge on any atom is -0.481 e. The van der Waals surface area contributed by atoms with Crippen molar-refractivity contribution in [1.82, 2.24) is 15.0 Å². The van der Waals surface area contributed by atoms with E-state index in [1.807, 2.05) is 0 Å². The van der Waals surface area contributed by atoms with Gasteiger partial charge in [0.1, 0.15) is 0 Å². The third-order valence-electron chi connectivity index (χ3n) is 2.09. The molecule has 0 unspecified atom stereocenters. The zero-order valence-electron chi connectivity index (χ0n) is 8.47. The average Bonchev–Trinajstić information content (AvgIpc) is 2.69. The second-order valence-corrected chi connectivity index (χ2v) is 4.15. The minimum absolute atomic E-state index is 0.185. The molecule has 0 saturated heterocycles. The number of carbonyl (C=O) groups is 1. The lowest BCUT2D eigenvalue weighted by molar-refractivity contribution is -0.136. The summed E-state index contributed by atoms with van der Waals surface area (Å²) in [5.74, 6) is -0.966. The molecule has 0 spiro atoms. The van der Waals surface area contributed by atoms with Crippen molar-refractivity contribution in [2.75, 3.05) is 0 Å². The van der Waals surface area contributed by atoms with E-state index in [-0.39, 0.29) is 6.42 Å². The quantitative estimate of drug-likeness (QED) is 0.930. The zero-order chi connectivity index (χ0) is 12.4. The Morgan fingerprint density at radius 1 is 1.41 bits per heavy atom. The van der Waals surface area contributed by atoms with Crippen LogP contribution in [0.1, 0.15) is 5.69 Å². The van der Waals surface area contributed by atoms with Crippen molar-refractivity contribution < 1.29 is 9.90 Å². The number of hydrogen-bond acceptors (Lipinski definition) is 3. The highest BCUT2D eigenvalue weighted by molar-refractivity contribution is 6.34. The standard InChI is InChI=1S/C10H7Cl2N3O2/c11-6-1-2-8(12)9(3-6)15-7(4-10(16)17)5-13-14-15/h1-3,5H,4H2,(H,16,17). The molecule has 1 aromatic heterocycles. The van der Waals surface area contributed by atoms with E-state index in [2.05, 4.69) is 10.3 Å². The third-order valence-corrected chi connectivity index (χ3v) is 2.64. The second-order valence-electron chi connectivity index (χ2n) is 3.30. The molecule has 0 atom stereocenters. The molecule has 0 bridgehead atoms. The minimum atomic E-state index is -0.966. The monoisotopic (exact) mass is 271 g/mol. The lowest BCUT2D eigenvalue weighted by Gasteiger charge is -2.07. The number of nitrogens with zero attached hydrogens (tertiary/aromatic N) is 3. The summed E-state index contributed by atoms with van der Waals surface area (Å²) < 4.78 is 1.36. The zero-order valence-corrected chi connectivity index (χ0v) is 9.98. The molecule has 0 radical (unpaired) electrons. The van der Waals surface area contributed by atoms with Gasteiger partial charge in [0, 0.05) is 5.02 Å². The summed E-state index contributed by atoms with van der Waals surface area (Å²) in [6.07, 6.45) is 1.20. The van der Waals surface area contributed by atoms with Crippen LogP contribution in [0.5, 0.6) is 0 Å². The smallest absolute Gasteiger partial charge is 0.309 e. The first-order valence-electron chi connectivity index (χ1n) is 4.64. The average molecular weight is 272 g/mol. The topological polar surface area (TPSA) is 68.0 Å². The van der Waals surface area contributed by atoms with Crippen LogP contribution in [-0.4, -0.2) is 26.1 Å². The molecule has 1 aromatic carbocycles. The molecule has 5 nitrogen and oxygen atoms in total. The largest absolute Gasteiger partial charge is 0.481 e. The highest BCUT2D eigenvalue weighted by Crippen LogP contribution is 2.24. The van der Waals surface area contributed by atoms with E-state index in [1.54, 1.807) is 18.2 Å². The van der Waals surface area contributed by atoms with Crippen LogP contribution >= 0.6 is 23.2 Å². The Bertz CT molecular complexity index is 568. The Kier molecular flexibility index (Phi) is 3.31. The number of aromatic nitrogens is 3. The van der Waals surface area contributed by atoms with Gasteiger partial charge >= 0.3 is 5.97 Å². The molecule has 2 rings (SSSR count). The van der Waals surface area contributed by atoms with Gasteiger partial charge in [-0.15, -0.1) is 5.10 Å². The first-order chi connectivity index (χ1) is 8.08. The molecule has 2 aromatic rings. The summed E-state index contributed by atoms with van der Waals surface area (Å²) in [5, 5.41) is 17.1. The molecule has 0 aliphatic rings. The van der Waals surface area contributed by atoms with Crippen LogP contribution in [-0.2, 0) is 11.2 Å². The van der Waals surface area contributed by atoms with Gasteiger partial charge in [-0.1, -0.05) is 28.4 Å². The number of rotatable bonds is 3. The summed E-state index contributed by atoms with van der Waals surface area (Å²) in [4.78, 5) is 10.7. The van der Waals surface area contributed by atoms with Gasteiger partial charge in [0.05, 0.1) is 29.0 Å². The molecular formula is C10H7Cl2N3O2. The van der Waals surface area contributed by atoms with Gasteiger partial charge in [-0.3, -0.25) is 4.79 Å². The first kappa shape index (κ1) is 11.9. The van der Waals surface area contributed by atoms with Crippen molar-refractivity contribution in [3.8, 4) is 5.69 Å². The van der Waals surface area contributed by atoms with Crippen LogP contribution < -0.4 is 0 Å². The Labute approximate surface area is 107 Å². The molecule has 1 heterocycles. The van der Waals surface area contributed by atoms with Crippen molar-refractivity contribution in [3.05, 3.63) is 40.1 Å². The molecule has 0 aliphatic carbocycles. The molecular weight excluding hydrogens is 265 g/mol. The van der Waals surface area contributed by atoms with Crippen LogP contribution in [0.25, 0.3) is 5.69 Å². The Balaban J connectivity index is 2.49. The number of halogens is 2. The molecule has 0 aliphatic heterocycles. The van der Waals surface area contributed by atoms with Crippen LogP contribution in [0.3, 0.4) is 0 Å². The maximum absolute atomic E-state index is 10.7. The normalized spacial score (nSPS) is 10.5. The fourth-order valence-corrected chi connectivity index (χ4v) is 1.75. The molecule has 0 amide bonds. The number of benzene rings is 1. The number of carboxylic acid groups (broad SMARTS) is 1. The van der Waals surface area contributed by atoms with Crippen molar-refractivity contribution in [3.63, 3.8) is 0 Å². The number of hydrogen-bond donors (Lipinski definition) is 1. The third kappa shape index (κ3) is 2.57. The van der Waals surface area contributed by atoms with Crippen LogP contribution in [0, 0.1) is 0 Å². The van der Waals surface area contributed by atoms with Crippen molar-refractivity contribution >= 4 is 29.2 Å². The second kappa shape index (κ2) is 4.73. The van der Waals surface area contributed by atoms with Crippen molar-refractivity contribution in [2.45, 2.75) is 6.42 Å². The van der Waals surface area contributed by atoms with Gasteiger partial charge in [-0.2, -0.15) is 0 Å². The predicted octanol–water partition coefficient (Wildman–Crippen LogP) is 2.20. The highest BCUT2D eigenvalue weighted by Gasteiger charge is 2.12. The van der Waals surface area contributed by atoms with Crippen molar-refractivity contribution in [1.29, 1.82) is 0 Å². The van der Waals surface area contributed by atoms with Gasteiger partial charge < -0.3 is 5.11 Å². The van der Waals surface area contributed by atoms with E-state index >= 15 is 0 Å². The van der Waals surface area contributed by atoms with Crippen molar-refractivity contribution in [2.24, 2.45) is 0 Å². The molecule has 0 fully saturated rings. The lowest BCUT2D eigenvalue weighted by Crippen LogP contribution is -2.08. The first-order valence-corrected chi connectivity index (χ1v) is 5.40. The number of aliphatic carboxylic acids is 1. The predicted molar refractivity (Wildman–Crippen MR) is 62.7 cm³/mol. The summed E-state index contributed by atoms with van der Waals surface area (Å²) in [5.41, 5.74) is 0.939. The van der Waals surface area contributed by atoms with E-state index in [0.717, 1.165) is 0 Å². The van der Waals surface area contributed by atoms with Crippen LogP contribution in [0.15, 0.2) is 24.4 Å². The summed E-state index contributed by atoms with van der Waals surface area (Å²) in [6, 6.07) is 4.86. The Morgan fingerprint density at radius 3 is 2.88 bits per heavy atom. The van der Waals surface area contributed by atoms with Gasteiger partial charge in [-0.05, 0) is 18.2 Å². The molecule has 7 heteroatoms. The summed E-state index contributed by atoms with van der Waals surface area (Å²) in [7, 11) is 0. The molecule has 88 valence electrons. The maximum atomic E-state index is 10.7. The van der Waals surface area contributed by atoms with E-state index in [4.69, 9.17) is 28.3 Å². The van der Waals surface area contributed by atoms with E-state index in [0.29, 0.717) is 21.4 Å². The maximum Gasteiger partial charge on any atom is 0.309 e. The van der Waals surface area contributed by atoms with Gasteiger partial charge in [0.15, 0.2) is 0 Å². The SMILES string of the molecule is O=C(O)Cc1cnnn1-c1cc(Cl)ccc1Cl. The highest BCUT2D eigenvalue weighted by atomic mass is 35.5. The van der Waals surface area contributed by atoms with Gasteiger partial charge in [0.2, 0.25) is 0 Å². The molecule has 1 N–H and O–H groups in total. The van der Waals surface area contributed by atoms with E-state index in [9.17, 15) is 4.79 Å². The van der Waals surface area contributed by atoms with Crippen LogP contribution in [0.4, 0.5) is 0 Å². The van der Waals surface area contributed by atoms with Crippen LogP contribution in [0.2, 0.25) is 10.0 Å². The molecule has 17 heavy (non-hydrogen) atoms. The van der Waals surface area contributed by atoms with E-state index < -0.39 is 5.97 Å².